The molecule has 0 bridgehead atoms. The number of carbonyl (C=O) groups is 1. The fraction of sp³-hybridized carbons (Fsp3) is 0.478. The SMILES string of the molecule is CN(C)CCNC(=O)[C@@H]1C[C@H](COc2cccnc2)CN(Cc2ccc(O)cc2)C1. The van der Waals surface area contributed by atoms with Crippen LogP contribution in [0.25, 0.3) is 0 Å². The van der Waals surface area contributed by atoms with Gasteiger partial charge in [-0.25, -0.2) is 0 Å². The Labute approximate surface area is 178 Å². The Morgan fingerprint density at radius 3 is 2.77 bits per heavy atom. The quantitative estimate of drug-likeness (QED) is 0.656. The zero-order valence-corrected chi connectivity index (χ0v) is 17.8. The van der Waals surface area contributed by atoms with Gasteiger partial charge in [-0.2, -0.15) is 0 Å². The van der Waals surface area contributed by atoms with Crippen LogP contribution in [0.5, 0.6) is 11.5 Å². The number of hydrogen-bond donors (Lipinski definition) is 2. The van der Waals surface area contributed by atoms with Crippen molar-refractivity contribution in [3.8, 4) is 11.5 Å². The van der Waals surface area contributed by atoms with E-state index in [1.807, 2.05) is 38.4 Å². The largest absolute Gasteiger partial charge is 0.508 e. The summed E-state index contributed by atoms with van der Waals surface area (Å²) in [5.74, 6) is 1.30. The lowest BCUT2D eigenvalue weighted by Crippen LogP contribution is -2.48. The lowest BCUT2D eigenvalue weighted by Gasteiger charge is -2.37. The Balaban J connectivity index is 1.62. The highest BCUT2D eigenvalue weighted by molar-refractivity contribution is 5.79. The minimum absolute atomic E-state index is 0.0690. The number of aromatic nitrogens is 1. The first-order valence-electron chi connectivity index (χ1n) is 10.4. The van der Waals surface area contributed by atoms with Crippen LogP contribution < -0.4 is 10.1 Å². The van der Waals surface area contributed by atoms with Gasteiger partial charge in [-0.3, -0.25) is 14.7 Å². The number of pyridine rings is 1. The highest BCUT2D eigenvalue weighted by Crippen LogP contribution is 2.25. The van der Waals surface area contributed by atoms with Crippen molar-refractivity contribution in [3.63, 3.8) is 0 Å². The predicted molar refractivity (Wildman–Crippen MR) is 116 cm³/mol. The molecule has 3 rings (SSSR count). The topological polar surface area (TPSA) is 77.9 Å². The molecule has 0 spiro atoms. The third-order valence-corrected chi connectivity index (χ3v) is 5.30. The molecule has 0 saturated carbocycles. The van der Waals surface area contributed by atoms with Crippen molar-refractivity contribution in [2.45, 2.75) is 13.0 Å². The molecule has 0 radical (unpaired) electrons. The van der Waals surface area contributed by atoms with E-state index < -0.39 is 0 Å². The van der Waals surface area contributed by atoms with Crippen molar-refractivity contribution in [1.29, 1.82) is 0 Å². The van der Waals surface area contributed by atoms with Crippen LogP contribution in [0.2, 0.25) is 0 Å². The van der Waals surface area contributed by atoms with Crippen molar-refractivity contribution in [1.82, 2.24) is 20.1 Å². The van der Waals surface area contributed by atoms with Gasteiger partial charge in [-0.15, -0.1) is 0 Å². The molecule has 1 aromatic heterocycles. The Morgan fingerprint density at radius 2 is 2.07 bits per heavy atom. The number of rotatable bonds is 9. The number of nitrogens with zero attached hydrogens (tertiary/aromatic N) is 3. The Kier molecular flexibility index (Phi) is 8.04. The number of likely N-dealkylation sites (tertiary alicyclic amines) is 1. The van der Waals surface area contributed by atoms with Gasteiger partial charge in [0.15, 0.2) is 0 Å². The van der Waals surface area contributed by atoms with E-state index in [4.69, 9.17) is 4.74 Å². The molecule has 1 aromatic carbocycles. The monoisotopic (exact) mass is 412 g/mol. The second kappa shape index (κ2) is 10.9. The minimum atomic E-state index is -0.0690. The van der Waals surface area contributed by atoms with Gasteiger partial charge >= 0.3 is 0 Å². The van der Waals surface area contributed by atoms with E-state index in [-0.39, 0.29) is 23.5 Å². The molecule has 2 aromatic rings. The van der Waals surface area contributed by atoms with Crippen molar-refractivity contribution in [2.24, 2.45) is 11.8 Å². The smallest absolute Gasteiger partial charge is 0.224 e. The van der Waals surface area contributed by atoms with E-state index in [0.717, 1.165) is 43.9 Å². The number of carbonyl (C=O) groups excluding carboxylic acids is 1. The fourth-order valence-electron chi connectivity index (χ4n) is 3.80. The predicted octanol–water partition coefficient (Wildman–Crippen LogP) is 1.98. The number of nitrogens with one attached hydrogen (secondary N) is 1. The van der Waals surface area contributed by atoms with Crippen LogP contribution in [0, 0.1) is 11.8 Å². The normalized spacial score (nSPS) is 19.6. The molecule has 1 amide bonds. The molecule has 2 N–H and O–H groups in total. The standard InChI is InChI=1S/C23H32N4O3/c1-26(2)11-10-25-23(29)20-12-19(17-30-22-4-3-9-24-13-22)15-27(16-20)14-18-5-7-21(28)8-6-18/h3-9,13,19-20,28H,10-12,14-17H2,1-2H3,(H,25,29)/t19-,20+/m0/s1. The van der Waals surface area contributed by atoms with E-state index in [1.165, 1.54) is 0 Å². The summed E-state index contributed by atoms with van der Waals surface area (Å²) in [6.07, 6.45) is 4.24. The molecule has 162 valence electrons. The molecule has 7 heteroatoms. The molecular weight excluding hydrogens is 380 g/mol. The first kappa shape index (κ1) is 22.1. The molecule has 1 saturated heterocycles. The van der Waals surface area contributed by atoms with Crippen LogP contribution in [0.4, 0.5) is 0 Å². The van der Waals surface area contributed by atoms with Crippen molar-refractivity contribution in [3.05, 3.63) is 54.4 Å². The maximum atomic E-state index is 12.8. The molecule has 2 atom stereocenters. The van der Waals surface area contributed by atoms with Crippen molar-refractivity contribution >= 4 is 5.91 Å². The number of piperidine rings is 1. The molecule has 30 heavy (non-hydrogen) atoms. The van der Waals surface area contributed by atoms with Crippen LogP contribution in [0.15, 0.2) is 48.8 Å². The van der Waals surface area contributed by atoms with Crippen molar-refractivity contribution in [2.75, 3.05) is 46.9 Å². The minimum Gasteiger partial charge on any atom is -0.508 e. The Bertz CT molecular complexity index is 783. The van der Waals surface area contributed by atoms with Crippen LogP contribution >= 0.6 is 0 Å². The second-order valence-electron chi connectivity index (χ2n) is 8.25. The average molecular weight is 413 g/mol. The highest BCUT2D eigenvalue weighted by Gasteiger charge is 2.32. The van der Waals surface area contributed by atoms with Gasteiger partial charge in [0, 0.05) is 44.8 Å². The number of amides is 1. The lowest BCUT2D eigenvalue weighted by molar-refractivity contribution is -0.127. The number of benzene rings is 1. The Morgan fingerprint density at radius 1 is 1.27 bits per heavy atom. The van der Waals surface area contributed by atoms with Gasteiger partial charge in [0.25, 0.3) is 0 Å². The molecule has 1 fully saturated rings. The zero-order chi connectivity index (χ0) is 21.3. The number of hydrogen-bond acceptors (Lipinski definition) is 6. The van der Waals surface area contributed by atoms with E-state index in [1.54, 1.807) is 24.5 Å². The summed E-state index contributed by atoms with van der Waals surface area (Å²) in [5, 5.41) is 12.6. The zero-order valence-electron chi connectivity index (χ0n) is 17.8. The van der Waals surface area contributed by atoms with E-state index >= 15 is 0 Å². The molecule has 7 nitrogen and oxygen atoms in total. The fourth-order valence-corrected chi connectivity index (χ4v) is 3.80. The maximum Gasteiger partial charge on any atom is 0.224 e. The van der Waals surface area contributed by atoms with Gasteiger partial charge < -0.3 is 20.1 Å². The lowest BCUT2D eigenvalue weighted by atomic mass is 9.88. The maximum absolute atomic E-state index is 12.8. The molecular formula is C23H32N4O3. The van der Waals surface area contributed by atoms with E-state index in [0.29, 0.717) is 13.2 Å². The van der Waals surface area contributed by atoms with Crippen LogP contribution in [0.1, 0.15) is 12.0 Å². The van der Waals surface area contributed by atoms with Gasteiger partial charge in [-0.1, -0.05) is 12.1 Å². The second-order valence-corrected chi connectivity index (χ2v) is 8.25. The summed E-state index contributed by atoms with van der Waals surface area (Å²) in [6, 6.07) is 11.0. The van der Waals surface area contributed by atoms with Gasteiger partial charge in [0.05, 0.1) is 18.7 Å². The number of likely N-dealkylation sites (N-methyl/N-ethyl adjacent to an activating group) is 1. The van der Waals surface area contributed by atoms with Crippen LogP contribution in [0.3, 0.4) is 0 Å². The van der Waals surface area contributed by atoms with Gasteiger partial charge in [-0.05, 0) is 50.3 Å². The molecule has 2 heterocycles. The van der Waals surface area contributed by atoms with Crippen LogP contribution in [-0.4, -0.2) is 72.7 Å². The number of aromatic hydroxyl groups is 1. The molecule has 0 aliphatic carbocycles. The third-order valence-electron chi connectivity index (χ3n) is 5.30. The first-order valence-corrected chi connectivity index (χ1v) is 10.4. The summed E-state index contributed by atoms with van der Waals surface area (Å²) >= 11 is 0. The summed E-state index contributed by atoms with van der Waals surface area (Å²) < 4.78 is 5.94. The molecule has 0 unspecified atom stereocenters. The van der Waals surface area contributed by atoms with E-state index in [2.05, 4.69) is 20.1 Å². The summed E-state index contributed by atoms with van der Waals surface area (Å²) in [4.78, 5) is 21.3. The average Bonchev–Trinajstić information content (AvgIpc) is 2.74. The summed E-state index contributed by atoms with van der Waals surface area (Å²) in [7, 11) is 4.00. The number of ether oxygens (including phenoxy) is 1. The molecule has 1 aliphatic rings. The van der Waals surface area contributed by atoms with E-state index in [9.17, 15) is 9.90 Å². The highest BCUT2D eigenvalue weighted by atomic mass is 16.5. The van der Waals surface area contributed by atoms with Gasteiger partial charge in [0.1, 0.15) is 11.5 Å². The number of phenols is 1. The first-order chi connectivity index (χ1) is 14.5. The van der Waals surface area contributed by atoms with Crippen LogP contribution in [-0.2, 0) is 11.3 Å². The third kappa shape index (κ3) is 7.00. The summed E-state index contributed by atoms with van der Waals surface area (Å²) in [5.41, 5.74) is 1.12. The van der Waals surface area contributed by atoms with Gasteiger partial charge in [0.2, 0.25) is 5.91 Å². The number of phenolic OH excluding ortho intramolecular Hbond substituents is 1. The summed E-state index contributed by atoms with van der Waals surface area (Å²) in [6.45, 7) is 4.35. The molecule has 1 aliphatic heterocycles. The Hall–Kier alpha value is -2.64. The van der Waals surface area contributed by atoms with Crippen molar-refractivity contribution < 1.29 is 14.6 Å².